The van der Waals surface area contributed by atoms with Crippen LogP contribution in [-0.2, 0) is 22.9 Å². The third kappa shape index (κ3) is 1.81. The zero-order valence-electron chi connectivity index (χ0n) is 8.43. The zero-order chi connectivity index (χ0) is 11.9. The normalized spacial score (nSPS) is 14.8. The minimum absolute atomic E-state index is 0.0234. The number of benzene rings is 1. The Morgan fingerprint density at radius 3 is 2.56 bits per heavy atom. The molecule has 6 heteroatoms. The van der Waals surface area contributed by atoms with E-state index in [2.05, 4.69) is 0 Å². The number of sulfonamides is 1. The maximum Gasteiger partial charge on any atom is 0.335 e. The molecule has 1 aromatic carbocycles. The Kier molecular flexibility index (Phi) is 2.47. The van der Waals surface area contributed by atoms with E-state index in [0.717, 1.165) is 18.1 Å². The van der Waals surface area contributed by atoms with E-state index in [0.29, 0.717) is 18.4 Å². The van der Waals surface area contributed by atoms with E-state index in [1.54, 1.807) is 0 Å². The molecule has 0 aliphatic heterocycles. The van der Waals surface area contributed by atoms with Gasteiger partial charge in [-0.25, -0.2) is 18.4 Å². The molecule has 0 radical (unpaired) electrons. The highest BCUT2D eigenvalue weighted by molar-refractivity contribution is 7.89. The lowest BCUT2D eigenvalue weighted by Crippen LogP contribution is -2.16. The van der Waals surface area contributed by atoms with E-state index in [-0.39, 0.29) is 10.5 Å². The summed E-state index contributed by atoms with van der Waals surface area (Å²) in [4.78, 5) is 10.8. The molecule has 86 valence electrons. The molecule has 0 saturated heterocycles. The lowest BCUT2D eigenvalue weighted by Gasteiger charge is -2.07. The highest BCUT2D eigenvalue weighted by atomic mass is 32.2. The second-order valence-electron chi connectivity index (χ2n) is 3.82. The molecule has 1 aliphatic rings. The fraction of sp³-hybridized carbons (Fsp3) is 0.300. The summed E-state index contributed by atoms with van der Waals surface area (Å²) in [7, 11) is -3.85. The van der Waals surface area contributed by atoms with Gasteiger partial charge in [0.15, 0.2) is 0 Å². The standard InChI is InChI=1S/C10H11NO4S/c11-16(14,15)9-5-7(10(12)13)4-6-2-1-3-8(6)9/h4-5H,1-3H2,(H,12,13)(H2,11,14,15). The van der Waals surface area contributed by atoms with Crippen molar-refractivity contribution in [3.63, 3.8) is 0 Å². The van der Waals surface area contributed by atoms with Gasteiger partial charge in [0.2, 0.25) is 10.0 Å². The number of hydrogen-bond donors (Lipinski definition) is 2. The first-order valence-corrected chi connectivity index (χ1v) is 6.36. The van der Waals surface area contributed by atoms with Crippen LogP contribution in [0.4, 0.5) is 0 Å². The summed E-state index contributed by atoms with van der Waals surface area (Å²) in [6.45, 7) is 0. The Labute approximate surface area is 92.9 Å². The van der Waals surface area contributed by atoms with E-state index < -0.39 is 16.0 Å². The smallest absolute Gasteiger partial charge is 0.335 e. The van der Waals surface area contributed by atoms with Crippen molar-refractivity contribution in [3.8, 4) is 0 Å². The van der Waals surface area contributed by atoms with Gasteiger partial charge in [-0.1, -0.05) is 0 Å². The van der Waals surface area contributed by atoms with Crippen LogP contribution >= 0.6 is 0 Å². The number of carboxylic acid groups (broad SMARTS) is 1. The third-order valence-corrected chi connectivity index (χ3v) is 3.71. The van der Waals surface area contributed by atoms with E-state index in [1.165, 1.54) is 6.07 Å². The number of nitrogens with two attached hydrogens (primary N) is 1. The predicted octanol–water partition coefficient (Wildman–Crippen LogP) is 0.521. The molecule has 16 heavy (non-hydrogen) atoms. The lowest BCUT2D eigenvalue weighted by atomic mass is 10.1. The molecule has 0 bridgehead atoms. The van der Waals surface area contributed by atoms with Gasteiger partial charge in [0.05, 0.1) is 10.5 Å². The molecule has 1 aliphatic carbocycles. The summed E-state index contributed by atoms with van der Waals surface area (Å²) >= 11 is 0. The Balaban J connectivity index is 2.73. The molecule has 0 heterocycles. The average Bonchev–Trinajstić information content (AvgIpc) is 2.61. The highest BCUT2D eigenvalue weighted by Crippen LogP contribution is 2.29. The molecule has 0 unspecified atom stereocenters. The summed E-state index contributed by atoms with van der Waals surface area (Å²) in [6, 6.07) is 2.67. The van der Waals surface area contributed by atoms with Crippen molar-refractivity contribution >= 4 is 16.0 Å². The molecule has 0 saturated carbocycles. The Morgan fingerprint density at radius 2 is 2.00 bits per heavy atom. The SMILES string of the molecule is NS(=O)(=O)c1cc(C(=O)O)cc2c1CCC2. The van der Waals surface area contributed by atoms with Crippen LogP contribution in [0.15, 0.2) is 17.0 Å². The van der Waals surface area contributed by atoms with Crippen LogP contribution in [0, 0.1) is 0 Å². The van der Waals surface area contributed by atoms with Crippen molar-refractivity contribution in [2.45, 2.75) is 24.2 Å². The number of aromatic carboxylic acids is 1. The predicted molar refractivity (Wildman–Crippen MR) is 56.8 cm³/mol. The molecule has 0 spiro atoms. The van der Waals surface area contributed by atoms with Crippen molar-refractivity contribution in [1.29, 1.82) is 0 Å². The molecule has 1 aromatic rings. The maximum atomic E-state index is 11.4. The number of fused-ring (bicyclic) bond motifs is 1. The zero-order valence-corrected chi connectivity index (χ0v) is 9.25. The quantitative estimate of drug-likeness (QED) is 0.788. The fourth-order valence-corrected chi connectivity index (χ4v) is 2.91. The van der Waals surface area contributed by atoms with Crippen LogP contribution in [0.2, 0.25) is 0 Å². The largest absolute Gasteiger partial charge is 0.478 e. The first-order valence-electron chi connectivity index (χ1n) is 4.81. The van der Waals surface area contributed by atoms with Crippen LogP contribution in [0.5, 0.6) is 0 Å². The summed E-state index contributed by atoms with van der Waals surface area (Å²) in [5, 5.41) is 13.9. The van der Waals surface area contributed by atoms with Gasteiger partial charge < -0.3 is 5.11 Å². The van der Waals surface area contributed by atoms with Crippen molar-refractivity contribution in [2.75, 3.05) is 0 Å². The number of rotatable bonds is 2. The number of hydrogen-bond acceptors (Lipinski definition) is 3. The molecular weight excluding hydrogens is 230 g/mol. The third-order valence-electron chi connectivity index (χ3n) is 2.73. The summed E-state index contributed by atoms with van der Waals surface area (Å²) in [5.74, 6) is -1.14. The van der Waals surface area contributed by atoms with Crippen LogP contribution in [0.25, 0.3) is 0 Å². The molecule has 5 nitrogen and oxygen atoms in total. The first kappa shape index (κ1) is 11.1. The van der Waals surface area contributed by atoms with Gasteiger partial charge >= 0.3 is 5.97 Å². The van der Waals surface area contributed by atoms with Crippen LogP contribution < -0.4 is 5.14 Å². The summed E-state index contributed by atoms with van der Waals surface area (Å²) in [6.07, 6.45) is 2.18. The Hall–Kier alpha value is -1.40. The first-order chi connectivity index (χ1) is 7.39. The highest BCUT2D eigenvalue weighted by Gasteiger charge is 2.23. The van der Waals surface area contributed by atoms with Crippen LogP contribution in [-0.4, -0.2) is 19.5 Å². The van der Waals surface area contributed by atoms with Gasteiger partial charge in [-0.05, 0) is 42.5 Å². The summed E-state index contributed by atoms with van der Waals surface area (Å²) < 4.78 is 22.7. The van der Waals surface area contributed by atoms with E-state index in [1.807, 2.05) is 0 Å². The van der Waals surface area contributed by atoms with E-state index in [4.69, 9.17) is 10.2 Å². The minimum atomic E-state index is -3.85. The summed E-state index contributed by atoms with van der Waals surface area (Å²) in [5.41, 5.74) is 1.43. The van der Waals surface area contributed by atoms with Crippen molar-refractivity contribution < 1.29 is 18.3 Å². The molecule has 3 N–H and O–H groups in total. The average molecular weight is 241 g/mol. The van der Waals surface area contributed by atoms with Gasteiger partial charge in [0.25, 0.3) is 0 Å². The molecule has 0 amide bonds. The number of primary sulfonamides is 1. The fourth-order valence-electron chi connectivity index (χ4n) is 2.04. The van der Waals surface area contributed by atoms with Gasteiger partial charge in [-0.2, -0.15) is 0 Å². The lowest BCUT2D eigenvalue weighted by molar-refractivity contribution is 0.0696. The van der Waals surface area contributed by atoms with Gasteiger partial charge in [0.1, 0.15) is 0 Å². The molecular formula is C10H11NO4S. The topological polar surface area (TPSA) is 97.5 Å². The Morgan fingerprint density at radius 1 is 1.31 bits per heavy atom. The second-order valence-corrected chi connectivity index (χ2v) is 5.35. The van der Waals surface area contributed by atoms with Crippen LogP contribution in [0.3, 0.4) is 0 Å². The van der Waals surface area contributed by atoms with Crippen molar-refractivity contribution in [2.24, 2.45) is 5.14 Å². The number of carboxylic acids is 1. The number of aryl methyl sites for hydroxylation is 1. The molecule has 0 atom stereocenters. The molecule has 2 rings (SSSR count). The van der Waals surface area contributed by atoms with Gasteiger partial charge in [-0.15, -0.1) is 0 Å². The Bertz CT molecular complexity index is 562. The van der Waals surface area contributed by atoms with Gasteiger partial charge in [0, 0.05) is 0 Å². The number of carbonyl (C=O) groups is 1. The van der Waals surface area contributed by atoms with Gasteiger partial charge in [-0.3, -0.25) is 0 Å². The van der Waals surface area contributed by atoms with E-state index in [9.17, 15) is 13.2 Å². The molecule has 0 fully saturated rings. The minimum Gasteiger partial charge on any atom is -0.478 e. The monoisotopic (exact) mass is 241 g/mol. The second kappa shape index (κ2) is 3.57. The maximum absolute atomic E-state index is 11.4. The molecule has 0 aromatic heterocycles. The van der Waals surface area contributed by atoms with Crippen LogP contribution in [0.1, 0.15) is 27.9 Å². The van der Waals surface area contributed by atoms with Crippen molar-refractivity contribution in [1.82, 2.24) is 0 Å². The van der Waals surface area contributed by atoms with E-state index >= 15 is 0 Å². The van der Waals surface area contributed by atoms with Crippen molar-refractivity contribution in [3.05, 3.63) is 28.8 Å².